The Kier molecular flexibility index (Phi) is 2.00. The zero-order valence-corrected chi connectivity index (χ0v) is 6.97. The first-order valence-electron chi connectivity index (χ1n) is 4.06. The van der Waals surface area contributed by atoms with E-state index in [4.69, 9.17) is 0 Å². The van der Waals surface area contributed by atoms with Crippen LogP contribution < -0.4 is 0 Å². The number of nitrogens with zero attached hydrogens (tertiary/aromatic N) is 2. The van der Waals surface area contributed by atoms with Gasteiger partial charge in [-0.2, -0.15) is 5.11 Å². The van der Waals surface area contributed by atoms with Gasteiger partial charge in [-0.15, -0.1) is 5.11 Å². The Morgan fingerprint density at radius 3 is 3.08 bits per heavy atom. The van der Waals surface area contributed by atoms with Gasteiger partial charge >= 0.3 is 0 Å². The molecule has 1 aliphatic carbocycles. The lowest BCUT2D eigenvalue weighted by molar-refractivity contribution is -0.111. The second kappa shape index (κ2) is 3.31. The lowest BCUT2D eigenvalue weighted by Crippen LogP contribution is -2.03. The molecule has 0 bridgehead atoms. The topological polar surface area (TPSA) is 41.8 Å². The van der Waals surface area contributed by atoms with Gasteiger partial charge in [-0.1, -0.05) is 18.2 Å². The van der Waals surface area contributed by atoms with Crippen molar-refractivity contribution in [2.24, 2.45) is 10.2 Å². The van der Waals surface area contributed by atoms with Gasteiger partial charge in [0.15, 0.2) is 0 Å². The minimum absolute atomic E-state index is 0.0649. The quantitative estimate of drug-likeness (QED) is 0.552. The monoisotopic (exact) mass is 172 g/mol. The van der Waals surface area contributed by atoms with E-state index in [2.05, 4.69) is 10.2 Å². The minimum atomic E-state index is -0.0649. The molecule has 1 heterocycles. The van der Waals surface area contributed by atoms with Gasteiger partial charge in [0, 0.05) is 6.20 Å². The van der Waals surface area contributed by atoms with Crippen LogP contribution in [0.15, 0.2) is 58.1 Å². The molecule has 0 aromatic heterocycles. The number of carbonyl (C=O) groups is 1. The Labute approximate surface area is 75.9 Å². The van der Waals surface area contributed by atoms with E-state index in [0.717, 1.165) is 12.0 Å². The first kappa shape index (κ1) is 7.86. The minimum Gasteiger partial charge on any atom is -0.287 e. The number of hydrogen-bond acceptors (Lipinski definition) is 3. The van der Waals surface area contributed by atoms with E-state index in [-0.39, 0.29) is 5.78 Å². The van der Waals surface area contributed by atoms with Crippen molar-refractivity contribution in [3.63, 3.8) is 0 Å². The molecule has 0 spiro atoms. The van der Waals surface area contributed by atoms with Crippen LogP contribution in [0.3, 0.4) is 0 Å². The Hall–Kier alpha value is -1.77. The Balaban J connectivity index is 2.44. The standard InChI is InChI=1S/C10H8N2O/c13-9-6-3-5-8-4-1-2-7-11-12-10(8)9/h1-4,6-7H,5H2. The van der Waals surface area contributed by atoms with Gasteiger partial charge in [0.2, 0.25) is 5.78 Å². The summed E-state index contributed by atoms with van der Waals surface area (Å²) in [6.07, 6.45) is 11.2. The van der Waals surface area contributed by atoms with Crippen molar-refractivity contribution in [3.05, 3.63) is 47.9 Å². The number of allylic oxidation sites excluding steroid dienone is 6. The van der Waals surface area contributed by atoms with Gasteiger partial charge in [-0.25, -0.2) is 0 Å². The van der Waals surface area contributed by atoms with Crippen molar-refractivity contribution in [2.45, 2.75) is 6.42 Å². The molecule has 0 saturated heterocycles. The molecule has 0 unspecified atom stereocenters. The summed E-state index contributed by atoms with van der Waals surface area (Å²) < 4.78 is 0. The highest BCUT2D eigenvalue weighted by Crippen LogP contribution is 2.20. The molecular formula is C10H8N2O. The van der Waals surface area contributed by atoms with Crippen LogP contribution in [0.2, 0.25) is 0 Å². The summed E-state index contributed by atoms with van der Waals surface area (Å²) in [5, 5.41) is 7.60. The molecule has 3 heteroatoms. The summed E-state index contributed by atoms with van der Waals surface area (Å²) in [5.74, 6) is -0.0649. The van der Waals surface area contributed by atoms with E-state index in [0.29, 0.717) is 5.70 Å². The summed E-state index contributed by atoms with van der Waals surface area (Å²) in [6.45, 7) is 0. The molecule has 0 saturated carbocycles. The molecule has 0 fully saturated rings. The van der Waals surface area contributed by atoms with E-state index in [1.165, 1.54) is 6.08 Å². The third kappa shape index (κ3) is 1.54. The van der Waals surface area contributed by atoms with E-state index in [1.54, 1.807) is 12.3 Å². The largest absolute Gasteiger partial charge is 0.287 e. The van der Waals surface area contributed by atoms with Crippen LogP contribution in [-0.2, 0) is 4.79 Å². The smallest absolute Gasteiger partial charge is 0.206 e. The van der Waals surface area contributed by atoms with E-state index in [9.17, 15) is 4.79 Å². The lowest BCUT2D eigenvalue weighted by Gasteiger charge is -2.07. The fourth-order valence-corrected chi connectivity index (χ4v) is 1.24. The Morgan fingerprint density at radius 2 is 2.15 bits per heavy atom. The molecule has 2 rings (SSSR count). The summed E-state index contributed by atoms with van der Waals surface area (Å²) in [4.78, 5) is 11.3. The third-order valence-electron chi connectivity index (χ3n) is 1.86. The normalized spacial score (nSPS) is 20.2. The van der Waals surface area contributed by atoms with Gasteiger partial charge in [-0.05, 0) is 24.1 Å². The molecule has 0 aromatic rings. The second-order valence-electron chi connectivity index (χ2n) is 2.76. The highest BCUT2D eigenvalue weighted by molar-refractivity contribution is 6.05. The van der Waals surface area contributed by atoms with E-state index < -0.39 is 0 Å². The maximum atomic E-state index is 11.3. The average Bonchev–Trinajstić information content (AvgIpc) is 2.07. The van der Waals surface area contributed by atoms with Crippen molar-refractivity contribution in [2.75, 3.05) is 0 Å². The van der Waals surface area contributed by atoms with Crippen LogP contribution in [0.1, 0.15) is 6.42 Å². The van der Waals surface area contributed by atoms with Crippen LogP contribution in [-0.4, -0.2) is 5.78 Å². The summed E-state index contributed by atoms with van der Waals surface area (Å²) in [5.41, 5.74) is 1.39. The molecule has 0 amide bonds. The SMILES string of the molecule is O=C1C=CCC2=C1N=NC=CC=C2. The fourth-order valence-electron chi connectivity index (χ4n) is 1.24. The van der Waals surface area contributed by atoms with Crippen LogP contribution in [0, 0.1) is 0 Å². The molecule has 3 nitrogen and oxygen atoms in total. The molecule has 2 aliphatic rings. The van der Waals surface area contributed by atoms with Crippen molar-refractivity contribution in [1.82, 2.24) is 0 Å². The Morgan fingerprint density at radius 1 is 1.23 bits per heavy atom. The van der Waals surface area contributed by atoms with E-state index >= 15 is 0 Å². The Bertz CT molecular complexity index is 384. The van der Waals surface area contributed by atoms with Crippen LogP contribution in [0.25, 0.3) is 0 Å². The number of rotatable bonds is 0. The predicted molar refractivity (Wildman–Crippen MR) is 48.9 cm³/mol. The summed E-state index contributed by atoms with van der Waals surface area (Å²) in [7, 11) is 0. The van der Waals surface area contributed by atoms with Gasteiger partial charge < -0.3 is 0 Å². The lowest BCUT2D eigenvalue weighted by atomic mass is 10.0. The maximum absolute atomic E-state index is 11.3. The molecule has 0 radical (unpaired) electrons. The van der Waals surface area contributed by atoms with E-state index in [1.807, 2.05) is 18.2 Å². The van der Waals surface area contributed by atoms with Crippen LogP contribution in [0.5, 0.6) is 0 Å². The van der Waals surface area contributed by atoms with Gasteiger partial charge in [0.25, 0.3) is 0 Å². The number of ketones is 1. The maximum Gasteiger partial charge on any atom is 0.206 e. The van der Waals surface area contributed by atoms with Crippen molar-refractivity contribution in [1.29, 1.82) is 0 Å². The number of carbonyl (C=O) groups excluding carboxylic acids is 1. The third-order valence-corrected chi connectivity index (χ3v) is 1.86. The van der Waals surface area contributed by atoms with Gasteiger partial charge in [-0.3, -0.25) is 4.79 Å². The molecule has 0 aromatic carbocycles. The number of azo groups is 1. The zero-order chi connectivity index (χ0) is 9.10. The first-order valence-corrected chi connectivity index (χ1v) is 4.06. The first-order chi connectivity index (χ1) is 6.38. The summed E-state index contributed by atoms with van der Waals surface area (Å²) >= 11 is 0. The average molecular weight is 172 g/mol. The second-order valence-corrected chi connectivity index (χ2v) is 2.76. The highest BCUT2D eigenvalue weighted by atomic mass is 16.1. The summed E-state index contributed by atoms with van der Waals surface area (Å²) in [6, 6.07) is 0. The molecule has 0 atom stereocenters. The highest BCUT2D eigenvalue weighted by Gasteiger charge is 2.14. The zero-order valence-electron chi connectivity index (χ0n) is 6.97. The molecular weight excluding hydrogens is 164 g/mol. The molecule has 64 valence electrons. The van der Waals surface area contributed by atoms with Gasteiger partial charge in [0.1, 0.15) is 5.70 Å². The predicted octanol–water partition coefficient (Wildman–Crippen LogP) is 2.31. The fraction of sp³-hybridized carbons (Fsp3) is 0.100. The van der Waals surface area contributed by atoms with Crippen molar-refractivity contribution >= 4 is 5.78 Å². The van der Waals surface area contributed by atoms with Crippen molar-refractivity contribution in [3.8, 4) is 0 Å². The molecule has 0 N–H and O–H groups in total. The van der Waals surface area contributed by atoms with Gasteiger partial charge in [0.05, 0.1) is 0 Å². The van der Waals surface area contributed by atoms with Crippen molar-refractivity contribution < 1.29 is 4.79 Å². The number of hydrogen-bond donors (Lipinski definition) is 0. The molecule has 13 heavy (non-hydrogen) atoms. The van der Waals surface area contributed by atoms with Crippen LogP contribution >= 0.6 is 0 Å². The molecule has 1 aliphatic heterocycles. The van der Waals surface area contributed by atoms with Crippen LogP contribution in [0.4, 0.5) is 0 Å².